The molecule has 2 rings (SSSR count). The highest BCUT2D eigenvalue weighted by molar-refractivity contribution is 7.98. The van der Waals surface area contributed by atoms with E-state index in [1.54, 1.807) is 18.3 Å². The van der Waals surface area contributed by atoms with E-state index in [4.69, 9.17) is 0 Å². The van der Waals surface area contributed by atoms with E-state index in [1.807, 2.05) is 18.2 Å². The monoisotopic (exact) mass is 303 g/mol. The molecule has 0 bridgehead atoms. The lowest BCUT2D eigenvalue weighted by molar-refractivity contribution is -0.387. The Kier molecular flexibility index (Phi) is 5.57. The second kappa shape index (κ2) is 7.64. The van der Waals surface area contributed by atoms with Gasteiger partial charge >= 0.3 is 0 Å². The van der Waals surface area contributed by atoms with Crippen molar-refractivity contribution in [3.05, 3.63) is 58.3 Å². The Hall–Kier alpha value is -2.08. The molecule has 0 saturated heterocycles. The number of rotatable bonds is 7. The van der Waals surface area contributed by atoms with Crippen molar-refractivity contribution in [2.75, 3.05) is 11.9 Å². The van der Waals surface area contributed by atoms with Crippen LogP contribution in [0.1, 0.15) is 18.9 Å². The Morgan fingerprint density at radius 2 is 2.10 bits per heavy atom. The van der Waals surface area contributed by atoms with Gasteiger partial charge in [-0.3, -0.25) is 10.1 Å². The van der Waals surface area contributed by atoms with Gasteiger partial charge in [-0.25, -0.2) is 4.98 Å². The molecular formula is C15H17N3O2S. The maximum absolute atomic E-state index is 11.0. The van der Waals surface area contributed by atoms with Crippen LogP contribution < -0.4 is 5.32 Å². The molecule has 0 fully saturated rings. The first-order valence-electron chi connectivity index (χ1n) is 6.76. The van der Waals surface area contributed by atoms with E-state index in [1.165, 1.54) is 17.8 Å². The summed E-state index contributed by atoms with van der Waals surface area (Å²) in [5.41, 5.74) is 1.20. The van der Waals surface area contributed by atoms with E-state index in [0.29, 0.717) is 10.6 Å². The van der Waals surface area contributed by atoms with Crippen molar-refractivity contribution in [3.63, 3.8) is 0 Å². The number of nitrogens with zero attached hydrogens (tertiary/aromatic N) is 2. The highest BCUT2D eigenvalue weighted by Crippen LogP contribution is 2.32. The number of hydrogen-bond donors (Lipinski definition) is 1. The van der Waals surface area contributed by atoms with Crippen LogP contribution in [0.2, 0.25) is 0 Å². The van der Waals surface area contributed by atoms with Crippen molar-refractivity contribution in [2.24, 2.45) is 0 Å². The Morgan fingerprint density at radius 3 is 2.86 bits per heavy atom. The van der Waals surface area contributed by atoms with Gasteiger partial charge in [0.15, 0.2) is 0 Å². The summed E-state index contributed by atoms with van der Waals surface area (Å²) in [7, 11) is 0. The minimum absolute atomic E-state index is 0.148. The van der Waals surface area contributed by atoms with E-state index in [-0.39, 0.29) is 10.6 Å². The fourth-order valence-corrected chi connectivity index (χ4v) is 2.85. The number of thioether (sulfide) groups is 1. The van der Waals surface area contributed by atoms with Crippen molar-refractivity contribution in [2.45, 2.75) is 24.0 Å². The average molecular weight is 303 g/mol. The Morgan fingerprint density at radius 1 is 1.29 bits per heavy atom. The number of anilines is 1. The minimum atomic E-state index is -0.345. The lowest BCUT2D eigenvalue weighted by Gasteiger charge is -2.10. The zero-order valence-electron chi connectivity index (χ0n) is 11.8. The van der Waals surface area contributed by atoms with Crippen molar-refractivity contribution in [1.82, 2.24) is 4.98 Å². The first-order valence-corrected chi connectivity index (χ1v) is 7.75. The van der Waals surface area contributed by atoms with Crippen LogP contribution in [-0.2, 0) is 5.75 Å². The maximum Gasteiger partial charge on any atom is 0.282 e. The second-order valence-electron chi connectivity index (χ2n) is 4.45. The van der Waals surface area contributed by atoms with Gasteiger partial charge in [-0.05, 0) is 18.6 Å². The van der Waals surface area contributed by atoms with E-state index in [9.17, 15) is 10.1 Å². The summed E-state index contributed by atoms with van der Waals surface area (Å²) in [5.74, 6) is 1.50. The number of aromatic nitrogens is 1. The van der Waals surface area contributed by atoms with Crippen LogP contribution >= 0.6 is 11.8 Å². The number of nitrogens with one attached hydrogen (secondary N) is 1. The maximum atomic E-state index is 11.0. The predicted molar refractivity (Wildman–Crippen MR) is 85.7 cm³/mol. The molecule has 110 valence electrons. The predicted octanol–water partition coefficient (Wildman–Crippen LogP) is 4.10. The Bertz CT molecular complexity index is 619. The van der Waals surface area contributed by atoms with Crippen molar-refractivity contribution < 1.29 is 4.92 Å². The number of para-hydroxylation sites is 1. The lowest BCUT2D eigenvalue weighted by Crippen LogP contribution is -2.04. The Balaban J connectivity index is 2.12. The third-order valence-corrected chi connectivity index (χ3v) is 3.99. The Labute approximate surface area is 127 Å². The van der Waals surface area contributed by atoms with Crippen molar-refractivity contribution in [1.29, 1.82) is 0 Å². The average Bonchev–Trinajstić information content (AvgIpc) is 2.52. The molecule has 0 spiro atoms. The molecule has 0 radical (unpaired) electrons. The lowest BCUT2D eigenvalue weighted by atomic mass is 10.3. The van der Waals surface area contributed by atoms with Gasteiger partial charge in [-0.15, -0.1) is 11.8 Å². The molecule has 0 aliphatic heterocycles. The van der Waals surface area contributed by atoms with Crippen LogP contribution in [-0.4, -0.2) is 16.5 Å². The third-order valence-electron chi connectivity index (χ3n) is 2.88. The molecule has 1 aromatic carbocycles. The number of hydrogen-bond acceptors (Lipinski definition) is 5. The largest absolute Gasteiger partial charge is 0.370 e. The molecular weight excluding hydrogens is 286 g/mol. The molecule has 0 unspecified atom stereocenters. The molecule has 5 nitrogen and oxygen atoms in total. The summed E-state index contributed by atoms with van der Waals surface area (Å²) in [6, 6.07) is 10.7. The van der Waals surface area contributed by atoms with Gasteiger partial charge in [-0.2, -0.15) is 0 Å². The third kappa shape index (κ3) is 4.19. The van der Waals surface area contributed by atoms with E-state index in [0.717, 1.165) is 24.3 Å². The minimum Gasteiger partial charge on any atom is -0.370 e. The number of benzene rings is 1. The molecule has 1 heterocycles. The molecule has 0 amide bonds. The van der Waals surface area contributed by atoms with Gasteiger partial charge in [0.1, 0.15) is 5.82 Å². The SMILES string of the molecule is CCCNc1ncccc1CSc1ccccc1[N+](=O)[O-]. The van der Waals surface area contributed by atoms with Gasteiger partial charge in [0, 0.05) is 30.1 Å². The van der Waals surface area contributed by atoms with Gasteiger partial charge in [0.05, 0.1) is 9.82 Å². The fraction of sp³-hybridized carbons (Fsp3) is 0.267. The van der Waals surface area contributed by atoms with Gasteiger partial charge in [-0.1, -0.05) is 25.1 Å². The molecule has 0 aliphatic rings. The van der Waals surface area contributed by atoms with E-state index in [2.05, 4.69) is 17.2 Å². The molecule has 1 N–H and O–H groups in total. The van der Waals surface area contributed by atoms with Gasteiger partial charge in [0.25, 0.3) is 5.69 Å². The molecule has 6 heteroatoms. The summed E-state index contributed by atoms with van der Waals surface area (Å²) in [5, 5.41) is 14.3. The van der Waals surface area contributed by atoms with Crippen molar-refractivity contribution in [3.8, 4) is 0 Å². The molecule has 2 aromatic rings. The van der Waals surface area contributed by atoms with Gasteiger partial charge < -0.3 is 5.32 Å². The molecule has 0 aliphatic carbocycles. The summed E-state index contributed by atoms with van der Waals surface area (Å²) in [6.07, 6.45) is 2.77. The molecule has 0 saturated carbocycles. The fourth-order valence-electron chi connectivity index (χ4n) is 1.84. The van der Waals surface area contributed by atoms with Crippen LogP contribution in [0.4, 0.5) is 11.5 Å². The van der Waals surface area contributed by atoms with Crippen LogP contribution in [0.25, 0.3) is 0 Å². The first kappa shape index (κ1) is 15.3. The topological polar surface area (TPSA) is 68.1 Å². The number of pyridine rings is 1. The highest BCUT2D eigenvalue weighted by atomic mass is 32.2. The molecule has 21 heavy (non-hydrogen) atoms. The second-order valence-corrected chi connectivity index (χ2v) is 5.47. The van der Waals surface area contributed by atoms with Crippen LogP contribution in [0.3, 0.4) is 0 Å². The summed E-state index contributed by atoms with van der Waals surface area (Å²) in [4.78, 5) is 15.7. The van der Waals surface area contributed by atoms with E-state index >= 15 is 0 Å². The van der Waals surface area contributed by atoms with Crippen LogP contribution in [0.5, 0.6) is 0 Å². The summed E-state index contributed by atoms with van der Waals surface area (Å²) >= 11 is 1.45. The molecule has 1 aromatic heterocycles. The highest BCUT2D eigenvalue weighted by Gasteiger charge is 2.13. The zero-order chi connectivity index (χ0) is 15.1. The number of nitro groups is 1. The van der Waals surface area contributed by atoms with Crippen molar-refractivity contribution >= 4 is 23.3 Å². The summed E-state index contributed by atoms with van der Waals surface area (Å²) < 4.78 is 0. The first-order chi connectivity index (χ1) is 10.2. The number of nitro benzene ring substituents is 1. The quantitative estimate of drug-likeness (QED) is 0.474. The standard InChI is InChI=1S/C15H17N3O2S/c1-2-9-16-15-12(6-5-10-17-15)11-21-14-8-4-3-7-13(14)18(19)20/h3-8,10H,2,9,11H2,1H3,(H,16,17). The van der Waals surface area contributed by atoms with E-state index < -0.39 is 0 Å². The smallest absolute Gasteiger partial charge is 0.282 e. The molecule has 0 atom stereocenters. The van der Waals surface area contributed by atoms with Crippen LogP contribution in [0.15, 0.2) is 47.5 Å². The van der Waals surface area contributed by atoms with Crippen LogP contribution in [0, 0.1) is 10.1 Å². The summed E-state index contributed by atoms with van der Waals surface area (Å²) in [6.45, 7) is 2.96. The zero-order valence-corrected chi connectivity index (χ0v) is 12.6. The normalized spacial score (nSPS) is 10.3. The van der Waals surface area contributed by atoms with Gasteiger partial charge in [0.2, 0.25) is 0 Å².